The van der Waals surface area contributed by atoms with E-state index in [1.54, 1.807) is 18.0 Å². The SMILES string of the molecule is O=C1CS[C@@H](c2cccnc2)N1Cc1ccccc1. The first kappa shape index (κ1) is 12.2. The minimum absolute atomic E-state index is 0.0846. The number of thioether (sulfide) groups is 1. The molecule has 1 aromatic heterocycles. The third kappa shape index (κ3) is 2.63. The predicted octanol–water partition coefficient (Wildman–Crippen LogP) is 2.86. The molecule has 0 unspecified atom stereocenters. The van der Waals surface area contributed by atoms with Crippen molar-refractivity contribution in [1.82, 2.24) is 9.88 Å². The largest absolute Gasteiger partial charge is 0.321 e. The average molecular weight is 270 g/mol. The van der Waals surface area contributed by atoms with Crippen molar-refractivity contribution in [2.24, 2.45) is 0 Å². The molecule has 2 heterocycles. The first-order chi connectivity index (χ1) is 9.34. The number of carbonyl (C=O) groups excluding carboxylic acids is 1. The smallest absolute Gasteiger partial charge is 0.234 e. The van der Waals surface area contributed by atoms with Gasteiger partial charge in [0.25, 0.3) is 0 Å². The number of carbonyl (C=O) groups is 1. The third-order valence-corrected chi connectivity index (χ3v) is 4.39. The molecule has 1 aliphatic rings. The summed E-state index contributed by atoms with van der Waals surface area (Å²) >= 11 is 1.67. The van der Waals surface area contributed by atoms with Gasteiger partial charge in [0.05, 0.1) is 5.75 Å². The minimum Gasteiger partial charge on any atom is -0.321 e. The van der Waals surface area contributed by atoms with Crippen LogP contribution in [-0.2, 0) is 11.3 Å². The predicted molar refractivity (Wildman–Crippen MR) is 76.4 cm³/mol. The van der Waals surface area contributed by atoms with E-state index in [4.69, 9.17) is 0 Å². The Labute approximate surface area is 116 Å². The topological polar surface area (TPSA) is 33.2 Å². The Hall–Kier alpha value is -1.81. The summed E-state index contributed by atoms with van der Waals surface area (Å²) in [6, 6.07) is 14.0. The van der Waals surface area contributed by atoms with Gasteiger partial charge in [-0.3, -0.25) is 9.78 Å². The quantitative estimate of drug-likeness (QED) is 0.860. The molecule has 1 saturated heterocycles. The van der Waals surface area contributed by atoms with E-state index in [1.165, 1.54) is 0 Å². The first-order valence-electron chi connectivity index (χ1n) is 6.19. The zero-order valence-corrected chi connectivity index (χ0v) is 11.2. The summed E-state index contributed by atoms with van der Waals surface area (Å²) in [7, 11) is 0. The lowest BCUT2D eigenvalue weighted by Crippen LogP contribution is -2.27. The highest BCUT2D eigenvalue weighted by atomic mass is 32.2. The summed E-state index contributed by atoms with van der Waals surface area (Å²) in [6.07, 6.45) is 3.60. The van der Waals surface area contributed by atoms with E-state index in [2.05, 4.69) is 17.1 Å². The summed E-state index contributed by atoms with van der Waals surface area (Å²) in [5.41, 5.74) is 2.25. The van der Waals surface area contributed by atoms with Crippen LogP contribution in [0.1, 0.15) is 16.5 Å². The number of aromatic nitrogens is 1. The lowest BCUT2D eigenvalue weighted by Gasteiger charge is -2.24. The maximum absolute atomic E-state index is 12.0. The van der Waals surface area contributed by atoms with Gasteiger partial charge in [-0.2, -0.15) is 0 Å². The van der Waals surface area contributed by atoms with E-state index >= 15 is 0 Å². The van der Waals surface area contributed by atoms with E-state index in [9.17, 15) is 4.79 Å². The number of benzene rings is 1. The summed E-state index contributed by atoms with van der Waals surface area (Å²) in [6.45, 7) is 0.659. The van der Waals surface area contributed by atoms with Crippen molar-refractivity contribution >= 4 is 17.7 Å². The van der Waals surface area contributed by atoms with Crippen LogP contribution in [0.4, 0.5) is 0 Å². The average Bonchev–Trinajstić information content (AvgIpc) is 2.82. The van der Waals surface area contributed by atoms with Gasteiger partial charge in [-0.15, -0.1) is 11.8 Å². The second kappa shape index (κ2) is 5.45. The van der Waals surface area contributed by atoms with Crippen LogP contribution in [0, 0.1) is 0 Å². The summed E-state index contributed by atoms with van der Waals surface area (Å²) < 4.78 is 0. The fourth-order valence-corrected chi connectivity index (χ4v) is 3.37. The lowest BCUT2D eigenvalue weighted by molar-refractivity contribution is -0.128. The van der Waals surface area contributed by atoms with Crippen LogP contribution in [-0.4, -0.2) is 21.5 Å². The molecule has 1 atom stereocenters. The number of nitrogens with zero attached hydrogens (tertiary/aromatic N) is 2. The molecule has 0 aliphatic carbocycles. The van der Waals surface area contributed by atoms with Crippen molar-refractivity contribution in [2.45, 2.75) is 11.9 Å². The monoisotopic (exact) mass is 270 g/mol. The van der Waals surface area contributed by atoms with Crippen molar-refractivity contribution in [3.05, 3.63) is 66.0 Å². The molecule has 96 valence electrons. The molecule has 0 radical (unpaired) electrons. The zero-order chi connectivity index (χ0) is 13.1. The highest BCUT2D eigenvalue weighted by Crippen LogP contribution is 2.39. The Balaban J connectivity index is 1.83. The fourth-order valence-electron chi connectivity index (χ4n) is 2.20. The Bertz CT molecular complexity index is 559. The maximum atomic E-state index is 12.0. The standard InChI is InChI=1S/C15H14N2OS/c18-14-11-19-15(13-7-4-8-16-9-13)17(14)10-12-5-2-1-3-6-12/h1-9,15H,10-11H2/t15-/m0/s1. The second-order valence-corrected chi connectivity index (χ2v) is 5.53. The Morgan fingerprint density at radius 1 is 1.21 bits per heavy atom. The van der Waals surface area contributed by atoms with Gasteiger partial charge >= 0.3 is 0 Å². The molecule has 3 nitrogen and oxygen atoms in total. The van der Waals surface area contributed by atoms with Crippen molar-refractivity contribution in [2.75, 3.05) is 5.75 Å². The van der Waals surface area contributed by atoms with Gasteiger partial charge in [0.15, 0.2) is 0 Å². The molecule has 19 heavy (non-hydrogen) atoms. The molecule has 0 saturated carbocycles. The van der Waals surface area contributed by atoms with E-state index in [1.807, 2.05) is 41.4 Å². The van der Waals surface area contributed by atoms with Crippen LogP contribution in [0.25, 0.3) is 0 Å². The van der Waals surface area contributed by atoms with Crippen LogP contribution in [0.15, 0.2) is 54.9 Å². The summed E-state index contributed by atoms with van der Waals surface area (Å²) in [4.78, 5) is 18.1. The highest BCUT2D eigenvalue weighted by Gasteiger charge is 2.32. The van der Waals surface area contributed by atoms with Gasteiger partial charge in [-0.1, -0.05) is 36.4 Å². The van der Waals surface area contributed by atoms with Crippen molar-refractivity contribution in [3.8, 4) is 0 Å². The molecule has 1 aromatic carbocycles. The van der Waals surface area contributed by atoms with Crippen molar-refractivity contribution in [1.29, 1.82) is 0 Å². The highest BCUT2D eigenvalue weighted by molar-refractivity contribution is 8.00. The molecular weight excluding hydrogens is 256 g/mol. The van der Waals surface area contributed by atoms with Crippen molar-refractivity contribution in [3.63, 3.8) is 0 Å². The van der Waals surface area contributed by atoms with Gasteiger partial charge in [0, 0.05) is 24.5 Å². The van der Waals surface area contributed by atoms with E-state index in [0.717, 1.165) is 11.1 Å². The molecule has 0 spiro atoms. The normalized spacial score (nSPS) is 18.8. The molecule has 1 aliphatic heterocycles. The molecule has 3 rings (SSSR count). The van der Waals surface area contributed by atoms with Gasteiger partial charge in [-0.25, -0.2) is 0 Å². The fraction of sp³-hybridized carbons (Fsp3) is 0.200. The van der Waals surface area contributed by atoms with Crippen molar-refractivity contribution < 1.29 is 4.79 Å². The van der Waals surface area contributed by atoms with Gasteiger partial charge < -0.3 is 4.90 Å². The molecule has 0 N–H and O–H groups in total. The molecule has 1 fully saturated rings. The Morgan fingerprint density at radius 2 is 2.05 bits per heavy atom. The summed E-state index contributed by atoms with van der Waals surface area (Å²) in [5.74, 6) is 0.745. The molecule has 0 bridgehead atoms. The Kier molecular flexibility index (Phi) is 3.51. The third-order valence-electron chi connectivity index (χ3n) is 3.13. The number of hydrogen-bond acceptors (Lipinski definition) is 3. The molecule has 4 heteroatoms. The van der Waals surface area contributed by atoms with Crippen LogP contribution >= 0.6 is 11.8 Å². The first-order valence-corrected chi connectivity index (χ1v) is 7.24. The van der Waals surface area contributed by atoms with E-state index < -0.39 is 0 Å². The van der Waals surface area contributed by atoms with Gasteiger partial charge in [0.1, 0.15) is 5.37 Å². The van der Waals surface area contributed by atoms with Crippen LogP contribution in [0.3, 0.4) is 0 Å². The second-order valence-electron chi connectivity index (χ2n) is 4.46. The van der Waals surface area contributed by atoms with Crippen LogP contribution in [0.2, 0.25) is 0 Å². The van der Waals surface area contributed by atoms with Crippen LogP contribution < -0.4 is 0 Å². The maximum Gasteiger partial charge on any atom is 0.234 e. The van der Waals surface area contributed by atoms with E-state index in [-0.39, 0.29) is 11.3 Å². The summed E-state index contributed by atoms with van der Waals surface area (Å²) in [5, 5.41) is 0.0846. The van der Waals surface area contributed by atoms with Crippen LogP contribution in [0.5, 0.6) is 0 Å². The lowest BCUT2D eigenvalue weighted by atomic mass is 10.2. The number of pyridine rings is 1. The van der Waals surface area contributed by atoms with Gasteiger partial charge in [0.2, 0.25) is 5.91 Å². The van der Waals surface area contributed by atoms with E-state index in [0.29, 0.717) is 12.3 Å². The number of amides is 1. The molecule has 2 aromatic rings. The van der Waals surface area contributed by atoms with Gasteiger partial charge in [-0.05, 0) is 11.6 Å². The number of rotatable bonds is 3. The Morgan fingerprint density at radius 3 is 2.79 bits per heavy atom. The zero-order valence-electron chi connectivity index (χ0n) is 10.4. The molecular formula is C15H14N2OS. The minimum atomic E-state index is 0.0846. The molecule has 1 amide bonds. The number of hydrogen-bond donors (Lipinski definition) is 0.